The summed E-state index contributed by atoms with van der Waals surface area (Å²) in [6.45, 7) is -0.0556. The summed E-state index contributed by atoms with van der Waals surface area (Å²) >= 11 is 0. The third kappa shape index (κ3) is 4.57. The van der Waals surface area contributed by atoms with Crippen LogP contribution < -0.4 is 9.62 Å². The van der Waals surface area contributed by atoms with Crippen molar-refractivity contribution < 1.29 is 26.4 Å². The number of para-hydroxylation sites is 1. The molecule has 0 aliphatic carbocycles. The van der Waals surface area contributed by atoms with Gasteiger partial charge in [0.25, 0.3) is 0 Å². The molecule has 0 atom stereocenters. The van der Waals surface area contributed by atoms with Crippen molar-refractivity contribution in [3.8, 4) is 0 Å². The molecular formula is C23H20F2N2O4S. The molecule has 0 fully saturated rings. The molecule has 4 rings (SSSR count). The minimum absolute atomic E-state index is 0.00199. The Bertz CT molecular complexity index is 1420. The van der Waals surface area contributed by atoms with Crippen LogP contribution in [0.3, 0.4) is 0 Å². The lowest BCUT2D eigenvalue weighted by atomic mass is 10.1. The van der Waals surface area contributed by atoms with E-state index in [1.165, 1.54) is 6.07 Å². The van der Waals surface area contributed by atoms with Crippen molar-refractivity contribution in [1.82, 2.24) is 0 Å². The molecule has 9 heteroatoms. The fourth-order valence-corrected chi connectivity index (χ4v) is 4.49. The number of benzene rings is 3. The second-order valence-electron chi connectivity index (χ2n) is 7.39. The molecule has 1 amide bonds. The van der Waals surface area contributed by atoms with Gasteiger partial charge in [0.2, 0.25) is 15.9 Å². The summed E-state index contributed by atoms with van der Waals surface area (Å²) in [6, 6.07) is 15.9. The van der Waals surface area contributed by atoms with Gasteiger partial charge in [0.15, 0.2) is 11.6 Å². The summed E-state index contributed by atoms with van der Waals surface area (Å²) < 4.78 is 57.7. The van der Waals surface area contributed by atoms with Crippen molar-refractivity contribution in [2.75, 3.05) is 22.4 Å². The fourth-order valence-electron chi connectivity index (χ4n) is 3.54. The van der Waals surface area contributed by atoms with Gasteiger partial charge in [-0.1, -0.05) is 18.2 Å². The van der Waals surface area contributed by atoms with E-state index in [-0.39, 0.29) is 31.0 Å². The predicted octanol–water partition coefficient (Wildman–Crippen LogP) is 5.05. The zero-order valence-corrected chi connectivity index (χ0v) is 18.0. The lowest BCUT2D eigenvalue weighted by Crippen LogP contribution is -2.31. The molecule has 6 nitrogen and oxygen atoms in total. The second-order valence-corrected chi connectivity index (χ2v) is 9.30. The van der Waals surface area contributed by atoms with Gasteiger partial charge >= 0.3 is 0 Å². The number of furan rings is 1. The maximum atomic E-state index is 13.5. The number of hydrogen-bond donors (Lipinski definition) is 1. The van der Waals surface area contributed by atoms with Crippen LogP contribution >= 0.6 is 0 Å². The number of carbonyl (C=O) groups is 1. The topological polar surface area (TPSA) is 79.6 Å². The number of rotatable bonds is 7. The van der Waals surface area contributed by atoms with Crippen LogP contribution in [0.2, 0.25) is 0 Å². The van der Waals surface area contributed by atoms with Gasteiger partial charge in [-0.3, -0.25) is 9.10 Å². The van der Waals surface area contributed by atoms with E-state index in [2.05, 4.69) is 5.32 Å². The molecule has 166 valence electrons. The summed E-state index contributed by atoms with van der Waals surface area (Å²) in [5.41, 5.74) is 1.96. The standard InChI is InChI=1S/C23H20F2N2O4S/c1-32(29,30)27(16-9-11-19(24)20(25)14-16)12-4-7-23(28)26-15-8-10-18-17-5-2-3-6-21(17)31-22(18)13-15/h2-3,5-6,8-11,13-14H,4,7,12H2,1H3,(H,26,28). The maximum Gasteiger partial charge on any atom is 0.232 e. The van der Waals surface area contributed by atoms with Gasteiger partial charge in [-0.25, -0.2) is 17.2 Å². The lowest BCUT2D eigenvalue weighted by molar-refractivity contribution is -0.116. The number of fused-ring (bicyclic) bond motifs is 3. The first kappa shape index (κ1) is 21.8. The van der Waals surface area contributed by atoms with Crippen LogP contribution in [0, 0.1) is 11.6 Å². The molecule has 0 aliphatic rings. The van der Waals surface area contributed by atoms with Crippen LogP contribution in [0.1, 0.15) is 12.8 Å². The van der Waals surface area contributed by atoms with Gasteiger partial charge in [0, 0.05) is 41.6 Å². The number of nitrogens with one attached hydrogen (secondary N) is 1. The lowest BCUT2D eigenvalue weighted by Gasteiger charge is -2.22. The Hall–Kier alpha value is -3.46. The van der Waals surface area contributed by atoms with Gasteiger partial charge in [-0.05, 0) is 36.8 Å². The Morgan fingerprint density at radius 2 is 1.72 bits per heavy atom. The van der Waals surface area contributed by atoms with E-state index in [0.29, 0.717) is 11.3 Å². The fraction of sp³-hybridized carbons (Fsp3) is 0.174. The Balaban J connectivity index is 1.41. The van der Waals surface area contributed by atoms with Gasteiger partial charge in [-0.2, -0.15) is 0 Å². The number of halogens is 2. The maximum absolute atomic E-state index is 13.5. The molecule has 0 bridgehead atoms. The molecule has 0 radical (unpaired) electrons. The molecular weight excluding hydrogens is 438 g/mol. The molecule has 3 aromatic carbocycles. The smallest absolute Gasteiger partial charge is 0.232 e. The van der Waals surface area contributed by atoms with E-state index in [9.17, 15) is 22.0 Å². The molecule has 0 aliphatic heterocycles. The number of amides is 1. The zero-order valence-electron chi connectivity index (χ0n) is 17.1. The van der Waals surface area contributed by atoms with E-state index in [1.807, 2.05) is 30.3 Å². The van der Waals surface area contributed by atoms with Crippen LogP contribution in [0.25, 0.3) is 21.9 Å². The van der Waals surface area contributed by atoms with Crippen LogP contribution in [0.5, 0.6) is 0 Å². The first-order chi connectivity index (χ1) is 15.2. The first-order valence-electron chi connectivity index (χ1n) is 9.86. The van der Waals surface area contributed by atoms with Crippen molar-refractivity contribution in [2.45, 2.75) is 12.8 Å². The Morgan fingerprint density at radius 3 is 2.47 bits per heavy atom. The third-order valence-electron chi connectivity index (χ3n) is 5.02. The molecule has 0 saturated heterocycles. The van der Waals surface area contributed by atoms with Gasteiger partial charge in [-0.15, -0.1) is 0 Å². The number of sulfonamides is 1. The van der Waals surface area contributed by atoms with Crippen molar-refractivity contribution >= 4 is 49.2 Å². The van der Waals surface area contributed by atoms with E-state index in [4.69, 9.17) is 4.42 Å². The molecule has 0 saturated carbocycles. The summed E-state index contributed by atoms with van der Waals surface area (Å²) in [7, 11) is -3.74. The highest BCUT2D eigenvalue weighted by Gasteiger charge is 2.19. The molecule has 32 heavy (non-hydrogen) atoms. The summed E-state index contributed by atoms with van der Waals surface area (Å²) in [5.74, 6) is -2.52. The monoisotopic (exact) mass is 458 g/mol. The van der Waals surface area contributed by atoms with Gasteiger partial charge in [0.1, 0.15) is 11.2 Å². The van der Waals surface area contributed by atoms with Crippen LogP contribution in [-0.2, 0) is 14.8 Å². The molecule has 4 aromatic rings. The SMILES string of the molecule is CS(=O)(=O)N(CCCC(=O)Nc1ccc2c(c1)oc1ccccc12)c1ccc(F)c(F)c1. The average Bonchev–Trinajstić information content (AvgIpc) is 3.10. The number of carbonyl (C=O) groups excluding carboxylic acids is 1. The predicted molar refractivity (Wildman–Crippen MR) is 120 cm³/mol. The highest BCUT2D eigenvalue weighted by molar-refractivity contribution is 7.92. The Kier molecular flexibility index (Phi) is 5.84. The van der Waals surface area contributed by atoms with E-state index >= 15 is 0 Å². The molecule has 0 unspecified atom stereocenters. The largest absolute Gasteiger partial charge is 0.456 e. The minimum Gasteiger partial charge on any atom is -0.456 e. The number of anilines is 2. The van der Waals surface area contributed by atoms with Crippen LogP contribution in [-0.4, -0.2) is 27.1 Å². The second kappa shape index (κ2) is 8.58. The quantitative estimate of drug-likeness (QED) is 0.420. The zero-order chi connectivity index (χ0) is 22.9. The summed E-state index contributed by atoms with van der Waals surface area (Å²) in [5, 5.41) is 4.69. The van der Waals surface area contributed by atoms with E-state index in [1.54, 1.807) is 12.1 Å². The Labute approximate surface area is 183 Å². The van der Waals surface area contributed by atoms with Gasteiger partial charge < -0.3 is 9.73 Å². The molecule has 0 spiro atoms. The highest BCUT2D eigenvalue weighted by atomic mass is 32.2. The highest BCUT2D eigenvalue weighted by Crippen LogP contribution is 2.30. The van der Waals surface area contributed by atoms with Gasteiger partial charge in [0.05, 0.1) is 11.9 Å². The van der Waals surface area contributed by atoms with E-state index in [0.717, 1.165) is 39.0 Å². The van der Waals surface area contributed by atoms with Crippen LogP contribution in [0.4, 0.5) is 20.2 Å². The summed E-state index contributed by atoms with van der Waals surface area (Å²) in [4.78, 5) is 12.4. The van der Waals surface area contributed by atoms with Crippen LogP contribution in [0.15, 0.2) is 65.1 Å². The van der Waals surface area contributed by atoms with Crippen molar-refractivity contribution in [3.05, 3.63) is 72.3 Å². The van der Waals surface area contributed by atoms with Crippen molar-refractivity contribution in [1.29, 1.82) is 0 Å². The first-order valence-corrected chi connectivity index (χ1v) is 11.7. The average molecular weight is 458 g/mol. The summed E-state index contributed by atoms with van der Waals surface area (Å²) in [6.07, 6.45) is 1.19. The molecule has 1 N–H and O–H groups in total. The number of hydrogen-bond acceptors (Lipinski definition) is 4. The van der Waals surface area contributed by atoms with E-state index < -0.39 is 21.7 Å². The molecule has 1 heterocycles. The normalized spacial score (nSPS) is 11.7. The molecule has 1 aromatic heterocycles. The minimum atomic E-state index is -3.74. The van der Waals surface area contributed by atoms with Crippen molar-refractivity contribution in [3.63, 3.8) is 0 Å². The third-order valence-corrected chi connectivity index (χ3v) is 6.21. The number of nitrogens with zero attached hydrogens (tertiary/aromatic N) is 1. The van der Waals surface area contributed by atoms with Crippen molar-refractivity contribution in [2.24, 2.45) is 0 Å². The Morgan fingerprint density at radius 1 is 0.969 bits per heavy atom.